The number of likely N-dealkylation sites (tertiary alicyclic amines) is 1. The van der Waals surface area contributed by atoms with Crippen molar-refractivity contribution in [2.75, 3.05) is 18.4 Å². The van der Waals surface area contributed by atoms with Gasteiger partial charge in [-0.25, -0.2) is 4.68 Å². The van der Waals surface area contributed by atoms with Crippen LogP contribution in [0.25, 0.3) is 0 Å². The van der Waals surface area contributed by atoms with Gasteiger partial charge in [0.2, 0.25) is 5.82 Å². The van der Waals surface area contributed by atoms with Crippen molar-refractivity contribution in [1.29, 1.82) is 0 Å². The maximum atomic E-state index is 11.3. The zero-order valence-electron chi connectivity index (χ0n) is 12.9. The second kappa shape index (κ2) is 5.29. The molecule has 0 bridgehead atoms. The summed E-state index contributed by atoms with van der Waals surface area (Å²) in [7, 11) is 0. The molecule has 116 valence electrons. The molecule has 1 N–H and O–H groups in total. The molecule has 2 heterocycles. The van der Waals surface area contributed by atoms with Gasteiger partial charge in [0.25, 0.3) is 0 Å². The monoisotopic (exact) mass is 293 g/mol. The van der Waals surface area contributed by atoms with Gasteiger partial charge in [0, 0.05) is 31.2 Å². The Hall–Kier alpha value is -1.63. The highest BCUT2D eigenvalue weighted by atomic mass is 16.6. The molecule has 0 spiro atoms. The molecule has 0 aromatic carbocycles. The first kappa shape index (κ1) is 14.3. The Morgan fingerprint density at radius 3 is 2.67 bits per heavy atom. The molecule has 0 radical (unpaired) electrons. The average molecular weight is 293 g/mol. The van der Waals surface area contributed by atoms with Crippen LogP contribution in [0.2, 0.25) is 0 Å². The van der Waals surface area contributed by atoms with Gasteiger partial charge in [-0.15, -0.1) is 0 Å². The minimum absolute atomic E-state index is 0.0980. The lowest BCUT2D eigenvalue weighted by atomic mass is 10.2. The number of hydrogen-bond donors (Lipinski definition) is 1. The van der Waals surface area contributed by atoms with E-state index < -0.39 is 0 Å². The lowest BCUT2D eigenvalue weighted by molar-refractivity contribution is -0.384. The maximum Gasteiger partial charge on any atom is 0.333 e. The zero-order valence-corrected chi connectivity index (χ0v) is 12.9. The summed E-state index contributed by atoms with van der Waals surface area (Å²) in [5, 5.41) is 19.1. The van der Waals surface area contributed by atoms with Gasteiger partial charge in [0.1, 0.15) is 5.69 Å². The van der Waals surface area contributed by atoms with Crippen molar-refractivity contribution in [3.05, 3.63) is 15.8 Å². The molecule has 0 amide bonds. The molecular formula is C14H23N5O2. The van der Waals surface area contributed by atoms with Crippen LogP contribution in [-0.2, 0) is 0 Å². The Labute approximate surface area is 124 Å². The molecule has 1 aromatic heterocycles. The number of nitro groups is 1. The fourth-order valence-corrected chi connectivity index (χ4v) is 3.14. The second-order valence-corrected chi connectivity index (χ2v) is 6.43. The van der Waals surface area contributed by atoms with E-state index in [2.05, 4.69) is 15.3 Å². The highest BCUT2D eigenvalue weighted by molar-refractivity contribution is 5.60. The highest BCUT2D eigenvalue weighted by Gasteiger charge is 2.36. The van der Waals surface area contributed by atoms with E-state index in [9.17, 15) is 10.1 Å². The summed E-state index contributed by atoms with van der Waals surface area (Å²) in [5.74, 6) is 0.565. The number of nitrogens with zero attached hydrogens (tertiary/aromatic N) is 4. The molecule has 7 heteroatoms. The van der Waals surface area contributed by atoms with Crippen molar-refractivity contribution in [2.45, 2.75) is 58.2 Å². The molecule has 3 rings (SSSR count). The van der Waals surface area contributed by atoms with Crippen molar-refractivity contribution < 1.29 is 4.92 Å². The maximum absolute atomic E-state index is 11.3. The lowest BCUT2D eigenvalue weighted by Crippen LogP contribution is -2.28. The van der Waals surface area contributed by atoms with Gasteiger partial charge in [0.05, 0.1) is 4.92 Å². The molecule has 2 fully saturated rings. The number of aromatic nitrogens is 2. The third kappa shape index (κ3) is 2.74. The Kier molecular flexibility index (Phi) is 3.61. The van der Waals surface area contributed by atoms with E-state index in [0.29, 0.717) is 11.5 Å². The molecule has 2 aliphatic rings. The van der Waals surface area contributed by atoms with Crippen molar-refractivity contribution in [3.8, 4) is 0 Å². The van der Waals surface area contributed by atoms with Gasteiger partial charge < -0.3 is 5.32 Å². The van der Waals surface area contributed by atoms with Crippen LogP contribution in [0.15, 0.2) is 0 Å². The third-order valence-corrected chi connectivity index (χ3v) is 4.35. The Morgan fingerprint density at radius 2 is 2.10 bits per heavy atom. The molecule has 1 aliphatic carbocycles. The van der Waals surface area contributed by atoms with Crippen molar-refractivity contribution >= 4 is 11.5 Å². The minimum Gasteiger partial charge on any atom is -0.360 e. The Morgan fingerprint density at radius 1 is 1.38 bits per heavy atom. The van der Waals surface area contributed by atoms with Crippen LogP contribution < -0.4 is 5.32 Å². The fraction of sp³-hybridized carbons (Fsp3) is 0.786. The van der Waals surface area contributed by atoms with Crippen molar-refractivity contribution in [3.63, 3.8) is 0 Å². The van der Waals surface area contributed by atoms with Gasteiger partial charge >= 0.3 is 5.69 Å². The van der Waals surface area contributed by atoms with Crippen molar-refractivity contribution in [2.24, 2.45) is 0 Å². The fourth-order valence-electron chi connectivity index (χ4n) is 3.14. The normalized spacial score (nSPS) is 23.0. The second-order valence-electron chi connectivity index (χ2n) is 6.43. The first-order valence-electron chi connectivity index (χ1n) is 7.71. The number of rotatable bonds is 5. The Balaban J connectivity index is 1.81. The smallest absolute Gasteiger partial charge is 0.333 e. The molecule has 1 unspecified atom stereocenters. The summed E-state index contributed by atoms with van der Waals surface area (Å²) in [6.07, 6.45) is 3.64. The first-order valence-corrected chi connectivity index (χ1v) is 7.71. The van der Waals surface area contributed by atoms with Crippen molar-refractivity contribution in [1.82, 2.24) is 14.7 Å². The molecule has 1 aromatic rings. The van der Waals surface area contributed by atoms with E-state index in [1.807, 2.05) is 13.8 Å². The number of nitrogens with one attached hydrogen (secondary N) is 1. The quantitative estimate of drug-likeness (QED) is 0.666. The summed E-state index contributed by atoms with van der Waals surface area (Å²) < 4.78 is 1.74. The van der Waals surface area contributed by atoms with Crippen LogP contribution >= 0.6 is 0 Å². The van der Waals surface area contributed by atoms with Crippen LogP contribution in [-0.4, -0.2) is 44.8 Å². The third-order valence-electron chi connectivity index (χ3n) is 4.35. The summed E-state index contributed by atoms with van der Waals surface area (Å²) in [4.78, 5) is 13.5. The van der Waals surface area contributed by atoms with Crippen LogP contribution in [0, 0.1) is 17.0 Å². The largest absolute Gasteiger partial charge is 0.360 e. The van der Waals surface area contributed by atoms with Gasteiger partial charge in [-0.2, -0.15) is 5.10 Å². The molecule has 1 saturated carbocycles. The molecular weight excluding hydrogens is 270 g/mol. The van der Waals surface area contributed by atoms with Gasteiger partial charge in [-0.1, -0.05) is 0 Å². The minimum atomic E-state index is -0.322. The summed E-state index contributed by atoms with van der Waals surface area (Å²) in [5.41, 5.74) is 0.599. The van der Waals surface area contributed by atoms with Crippen LogP contribution in [0.4, 0.5) is 11.5 Å². The number of anilines is 1. The standard InChI is InChI=1S/C14H23N5O2/c1-9(2)18-14(13(19(20)21)10(3)16-18)15-11-6-7-17(8-11)12-4-5-12/h9,11-12,15H,4-8H2,1-3H3. The summed E-state index contributed by atoms with van der Waals surface area (Å²) >= 11 is 0. The van der Waals surface area contributed by atoms with E-state index in [-0.39, 0.29) is 22.7 Å². The average Bonchev–Trinajstić information content (AvgIpc) is 3.06. The predicted octanol–water partition coefficient (Wildman–Crippen LogP) is 2.33. The van der Waals surface area contributed by atoms with E-state index in [1.54, 1.807) is 11.6 Å². The molecule has 7 nitrogen and oxygen atoms in total. The molecule has 21 heavy (non-hydrogen) atoms. The first-order chi connectivity index (χ1) is 9.97. The van der Waals surface area contributed by atoms with Crippen LogP contribution in [0.1, 0.15) is 44.8 Å². The van der Waals surface area contributed by atoms with Gasteiger partial charge in [0.15, 0.2) is 0 Å². The number of hydrogen-bond acceptors (Lipinski definition) is 5. The van der Waals surface area contributed by atoms with E-state index in [4.69, 9.17) is 0 Å². The molecule has 1 atom stereocenters. The van der Waals surface area contributed by atoms with E-state index in [0.717, 1.165) is 25.6 Å². The van der Waals surface area contributed by atoms with E-state index in [1.165, 1.54) is 12.8 Å². The topological polar surface area (TPSA) is 76.2 Å². The predicted molar refractivity (Wildman–Crippen MR) is 80.6 cm³/mol. The van der Waals surface area contributed by atoms with Gasteiger partial charge in [-0.05, 0) is 40.0 Å². The highest BCUT2D eigenvalue weighted by Crippen LogP contribution is 2.34. The zero-order chi connectivity index (χ0) is 15.1. The SMILES string of the molecule is Cc1nn(C(C)C)c(NC2CCN(C3CC3)C2)c1[N+](=O)[O-]. The van der Waals surface area contributed by atoms with Crippen LogP contribution in [0.5, 0.6) is 0 Å². The number of aryl methyl sites for hydroxylation is 1. The summed E-state index contributed by atoms with van der Waals surface area (Å²) in [6, 6.07) is 1.13. The molecule has 1 saturated heterocycles. The summed E-state index contributed by atoms with van der Waals surface area (Å²) in [6.45, 7) is 7.75. The van der Waals surface area contributed by atoms with Crippen LogP contribution in [0.3, 0.4) is 0 Å². The molecule has 1 aliphatic heterocycles. The van der Waals surface area contributed by atoms with E-state index >= 15 is 0 Å². The van der Waals surface area contributed by atoms with Gasteiger partial charge in [-0.3, -0.25) is 15.0 Å². The Bertz CT molecular complexity index is 550. The lowest BCUT2D eigenvalue weighted by Gasteiger charge is -2.18.